The average Bonchev–Trinajstić information content (AvgIpc) is 2.92. The molecule has 3 atom stereocenters. The number of aromatic nitrogens is 2. The topological polar surface area (TPSA) is 160 Å². The van der Waals surface area contributed by atoms with Gasteiger partial charge in [0.15, 0.2) is 0 Å². The summed E-state index contributed by atoms with van der Waals surface area (Å²) in [5.74, 6) is -0.245. The van der Waals surface area contributed by atoms with E-state index in [1.165, 1.54) is 6.20 Å². The van der Waals surface area contributed by atoms with E-state index in [9.17, 15) is 19.5 Å². The Balaban J connectivity index is 2.12. The monoisotopic (exact) mass is 342 g/mol. The van der Waals surface area contributed by atoms with Gasteiger partial charge in [-0.2, -0.15) is 0 Å². The number of hydrogen-bond donors (Lipinski definition) is 5. The second-order valence-electron chi connectivity index (χ2n) is 5.57. The Morgan fingerprint density at radius 3 is 2.88 bits per heavy atom. The minimum Gasteiger partial charge on any atom is -0.394 e. The number of carbonyl (C=O) groups excluding carboxylic acids is 1. The zero-order valence-corrected chi connectivity index (χ0v) is 13.1. The summed E-state index contributed by atoms with van der Waals surface area (Å²) in [4.78, 5) is 37.6. The highest BCUT2D eigenvalue weighted by Crippen LogP contribution is 2.27. The van der Waals surface area contributed by atoms with Crippen LogP contribution in [0, 0.1) is 0 Å². The van der Waals surface area contributed by atoms with Crippen molar-refractivity contribution >= 4 is 5.91 Å². The summed E-state index contributed by atoms with van der Waals surface area (Å²) in [5, 5.41) is 21.5. The van der Waals surface area contributed by atoms with Crippen molar-refractivity contribution in [1.82, 2.24) is 14.9 Å². The van der Waals surface area contributed by atoms with Crippen molar-refractivity contribution in [2.24, 2.45) is 5.73 Å². The number of hydrogen-bond acceptors (Lipinski definition) is 7. The van der Waals surface area contributed by atoms with E-state index in [-0.39, 0.29) is 37.3 Å². The minimum atomic E-state index is -0.899. The molecule has 1 saturated heterocycles. The highest BCUT2D eigenvalue weighted by Gasteiger charge is 2.35. The molecule has 10 heteroatoms. The zero-order chi connectivity index (χ0) is 17.7. The molecule has 0 aliphatic carbocycles. The molecule has 10 nitrogen and oxygen atoms in total. The van der Waals surface area contributed by atoms with Crippen LogP contribution in [0.25, 0.3) is 0 Å². The fourth-order valence-corrected chi connectivity index (χ4v) is 2.52. The number of aryl methyl sites for hydroxylation is 1. The van der Waals surface area contributed by atoms with Gasteiger partial charge in [0, 0.05) is 37.7 Å². The molecule has 1 amide bonds. The molecule has 1 aliphatic rings. The van der Waals surface area contributed by atoms with E-state index in [1.54, 1.807) is 0 Å². The molecule has 1 aromatic rings. The van der Waals surface area contributed by atoms with Crippen LogP contribution in [0.3, 0.4) is 0 Å². The molecule has 0 bridgehead atoms. The van der Waals surface area contributed by atoms with Crippen LogP contribution >= 0.6 is 0 Å². The smallest absolute Gasteiger partial charge is 0.330 e. The third-order valence-corrected chi connectivity index (χ3v) is 3.82. The lowest BCUT2D eigenvalue weighted by Gasteiger charge is -2.15. The van der Waals surface area contributed by atoms with E-state index >= 15 is 0 Å². The summed E-state index contributed by atoms with van der Waals surface area (Å²) < 4.78 is 6.57. The maximum atomic E-state index is 12.0. The van der Waals surface area contributed by atoms with Crippen molar-refractivity contribution in [2.45, 2.75) is 37.7 Å². The maximum Gasteiger partial charge on any atom is 0.330 e. The van der Waals surface area contributed by atoms with Crippen LogP contribution in [-0.4, -0.2) is 57.6 Å². The molecule has 2 heterocycles. The molecule has 1 fully saturated rings. The summed E-state index contributed by atoms with van der Waals surface area (Å²) in [7, 11) is 0. The van der Waals surface area contributed by atoms with Gasteiger partial charge in [0.2, 0.25) is 5.91 Å². The first-order valence-corrected chi connectivity index (χ1v) is 7.71. The number of aliphatic hydroxyl groups excluding tert-OH is 2. The van der Waals surface area contributed by atoms with E-state index < -0.39 is 29.7 Å². The summed E-state index contributed by atoms with van der Waals surface area (Å²) in [5.41, 5.74) is 4.30. The molecular formula is C14H22N4O6. The van der Waals surface area contributed by atoms with Crippen LogP contribution in [0.15, 0.2) is 15.8 Å². The van der Waals surface area contributed by atoms with Crippen LogP contribution < -0.4 is 22.3 Å². The molecular weight excluding hydrogens is 320 g/mol. The molecule has 0 saturated carbocycles. The lowest BCUT2D eigenvalue weighted by atomic mass is 10.1. The van der Waals surface area contributed by atoms with Crippen molar-refractivity contribution in [3.63, 3.8) is 0 Å². The molecule has 0 unspecified atom stereocenters. The predicted molar refractivity (Wildman–Crippen MR) is 83.3 cm³/mol. The summed E-state index contributed by atoms with van der Waals surface area (Å²) >= 11 is 0. The summed E-state index contributed by atoms with van der Waals surface area (Å²) in [6.45, 7) is 0.305. The Morgan fingerprint density at radius 2 is 2.25 bits per heavy atom. The molecule has 134 valence electrons. The van der Waals surface area contributed by atoms with Crippen LogP contribution in [0.5, 0.6) is 0 Å². The number of nitrogens with two attached hydrogens (primary N) is 1. The highest BCUT2D eigenvalue weighted by atomic mass is 16.5. The van der Waals surface area contributed by atoms with E-state index in [0.717, 1.165) is 4.57 Å². The number of H-pyrrole nitrogens is 1. The first kappa shape index (κ1) is 18.3. The van der Waals surface area contributed by atoms with Gasteiger partial charge < -0.3 is 26.0 Å². The quantitative estimate of drug-likeness (QED) is 0.357. The third kappa shape index (κ3) is 4.29. The number of ether oxygens (including phenoxy) is 1. The van der Waals surface area contributed by atoms with Gasteiger partial charge in [0.05, 0.1) is 12.7 Å². The van der Waals surface area contributed by atoms with Crippen molar-refractivity contribution in [1.29, 1.82) is 0 Å². The van der Waals surface area contributed by atoms with Crippen molar-refractivity contribution in [3.05, 3.63) is 32.6 Å². The highest BCUT2D eigenvalue weighted by molar-refractivity contribution is 5.76. The van der Waals surface area contributed by atoms with Crippen LogP contribution in [0.1, 0.15) is 24.6 Å². The molecule has 1 aromatic heterocycles. The molecule has 0 radical (unpaired) electrons. The van der Waals surface area contributed by atoms with Gasteiger partial charge >= 0.3 is 5.69 Å². The van der Waals surface area contributed by atoms with E-state index in [1.807, 2.05) is 0 Å². The number of aliphatic hydroxyl groups is 2. The second-order valence-corrected chi connectivity index (χ2v) is 5.57. The van der Waals surface area contributed by atoms with Crippen LogP contribution in [0.4, 0.5) is 0 Å². The summed E-state index contributed by atoms with van der Waals surface area (Å²) in [6.07, 6.45) is -0.795. The third-order valence-electron chi connectivity index (χ3n) is 3.82. The standard InChI is InChI=1S/C14H22N4O6/c15-3-4-16-11(21)2-1-8-6-18(14(23)17-13(8)22)12-5-9(20)10(7-19)24-12/h6,9-10,12,19-20H,1-5,7,15H2,(H,16,21)(H,17,22,23)/t9-,10+,12+/m0/s1. The Bertz CT molecular complexity index is 685. The number of carbonyl (C=O) groups is 1. The normalized spacial score (nSPS) is 23.4. The van der Waals surface area contributed by atoms with Gasteiger partial charge in [-0.15, -0.1) is 0 Å². The molecule has 6 N–H and O–H groups in total. The SMILES string of the molecule is NCCNC(=O)CCc1cn([C@H]2C[C@H](O)[C@@H](CO)O2)c(=O)[nH]c1=O. The molecule has 0 spiro atoms. The lowest BCUT2D eigenvalue weighted by molar-refractivity contribution is -0.121. The van der Waals surface area contributed by atoms with Gasteiger partial charge in [0.1, 0.15) is 12.3 Å². The Kier molecular flexibility index (Phi) is 6.26. The van der Waals surface area contributed by atoms with E-state index in [2.05, 4.69) is 10.3 Å². The largest absolute Gasteiger partial charge is 0.394 e. The Hall–Kier alpha value is -2.01. The number of nitrogens with one attached hydrogen (secondary N) is 2. The second kappa shape index (κ2) is 8.20. The number of amides is 1. The summed E-state index contributed by atoms with van der Waals surface area (Å²) in [6, 6.07) is 0. The molecule has 1 aliphatic heterocycles. The average molecular weight is 342 g/mol. The molecule has 0 aromatic carbocycles. The fraction of sp³-hybridized carbons (Fsp3) is 0.643. The van der Waals surface area contributed by atoms with E-state index in [0.29, 0.717) is 13.1 Å². The Labute approximate surface area is 137 Å². The van der Waals surface area contributed by atoms with Crippen molar-refractivity contribution in [3.8, 4) is 0 Å². The first-order chi connectivity index (χ1) is 11.5. The van der Waals surface area contributed by atoms with Gasteiger partial charge in [-0.3, -0.25) is 19.1 Å². The van der Waals surface area contributed by atoms with Gasteiger partial charge in [-0.05, 0) is 6.42 Å². The predicted octanol–water partition coefficient (Wildman–Crippen LogP) is -2.82. The van der Waals surface area contributed by atoms with Gasteiger partial charge in [0.25, 0.3) is 5.56 Å². The Morgan fingerprint density at radius 1 is 1.50 bits per heavy atom. The minimum absolute atomic E-state index is 0.0781. The fourth-order valence-electron chi connectivity index (χ4n) is 2.52. The van der Waals surface area contributed by atoms with Crippen molar-refractivity contribution < 1.29 is 19.7 Å². The molecule has 2 rings (SSSR count). The maximum absolute atomic E-state index is 12.0. The number of nitrogens with zero attached hydrogens (tertiary/aromatic N) is 1. The number of rotatable bonds is 7. The van der Waals surface area contributed by atoms with Gasteiger partial charge in [-0.25, -0.2) is 4.79 Å². The lowest BCUT2D eigenvalue weighted by Crippen LogP contribution is -2.35. The van der Waals surface area contributed by atoms with Crippen LogP contribution in [0.2, 0.25) is 0 Å². The number of aromatic amines is 1. The molecule has 24 heavy (non-hydrogen) atoms. The van der Waals surface area contributed by atoms with Crippen molar-refractivity contribution in [2.75, 3.05) is 19.7 Å². The first-order valence-electron chi connectivity index (χ1n) is 7.71. The van der Waals surface area contributed by atoms with Gasteiger partial charge in [-0.1, -0.05) is 0 Å². The zero-order valence-electron chi connectivity index (χ0n) is 13.1. The van der Waals surface area contributed by atoms with E-state index in [4.69, 9.17) is 15.6 Å². The van der Waals surface area contributed by atoms with Crippen LogP contribution in [-0.2, 0) is 16.0 Å².